The Morgan fingerprint density at radius 2 is 1.76 bits per heavy atom. The van der Waals surface area contributed by atoms with Crippen LogP contribution in [0.1, 0.15) is 24.1 Å². The molecule has 1 spiro atoms. The minimum Gasteiger partial charge on any atom is -0.466 e. The molecule has 2 aromatic carbocycles. The zero-order valence-electron chi connectivity index (χ0n) is 16.2. The lowest BCUT2D eigenvalue weighted by Gasteiger charge is -2.31. The molecule has 0 aliphatic carbocycles. The van der Waals surface area contributed by atoms with Crippen molar-refractivity contribution in [3.63, 3.8) is 0 Å². The molecule has 2 bridgehead atoms. The summed E-state index contributed by atoms with van der Waals surface area (Å²) in [4.78, 5) is 28.2. The average molecular weight is 389 g/mol. The number of hydrogen-bond donors (Lipinski definition) is 0. The highest BCUT2D eigenvalue weighted by Crippen LogP contribution is 2.54. The van der Waals surface area contributed by atoms with E-state index in [-0.39, 0.29) is 24.0 Å². The first-order valence-electron chi connectivity index (χ1n) is 10.1. The second-order valence-corrected chi connectivity index (χ2v) is 7.84. The third-order valence-corrected chi connectivity index (χ3v) is 6.23. The van der Waals surface area contributed by atoms with Gasteiger partial charge in [0.05, 0.1) is 31.2 Å². The lowest BCUT2D eigenvalue weighted by molar-refractivity contribution is -0.153. The highest BCUT2D eigenvalue weighted by Gasteiger charge is 2.68. The van der Waals surface area contributed by atoms with E-state index in [1.807, 2.05) is 77.7 Å². The van der Waals surface area contributed by atoms with E-state index in [0.717, 1.165) is 11.1 Å². The van der Waals surface area contributed by atoms with Gasteiger partial charge in [0.2, 0.25) is 5.91 Å². The van der Waals surface area contributed by atoms with Crippen LogP contribution in [0.25, 0.3) is 0 Å². The van der Waals surface area contributed by atoms with Gasteiger partial charge in [-0.15, -0.1) is 0 Å². The van der Waals surface area contributed by atoms with Crippen LogP contribution in [0, 0.1) is 11.8 Å². The van der Waals surface area contributed by atoms with Crippen molar-refractivity contribution in [1.29, 1.82) is 0 Å². The molecule has 0 aromatic heterocycles. The number of rotatable bonds is 5. The maximum Gasteiger partial charge on any atom is 0.312 e. The molecule has 0 N–H and O–H groups in total. The lowest BCUT2D eigenvalue weighted by atomic mass is 9.77. The summed E-state index contributed by atoms with van der Waals surface area (Å²) in [5.74, 6) is -1.51. The summed E-state index contributed by atoms with van der Waals surface area (Å²) < 4.78 is 11.5. The minimum absolute atomic E-state index is 0.0485. The van der Waals surface area contributed by atoms with Gasteiger partial charge in [0, 0.05) is 0 Å². The predicted molar refractivity (Wildman–Crippen MR) is 107 cm³/mol. The number of esters is 1. The molecule has 2 fully saturated rings. The number of fused-ring (bicyclic) bond motifs is 1. The van der Waals surface area contributed by atoms with Gasteiger partial charge in [-0.1, -0.05) is 72.8 Å². The molecule has 4 atom stereocenters. The highest BCUT2D eigenvalue weighted by atomic mass is 16.6. The second-order valence-electron chi connectivity index (χ2n) is 7.84. The Kier molecular flexibility index (Phi) is 4.28. The summed E-state index contributed by atoms with van der Waals surface area (Å²) in [5, 5.41) is 0. The van der Waals surface area contributed by atoms with E-state index in [1.165, 1.54) is 0 Å². The first kappa shape index (κ1) is 18.1. The van der Waals surface area contributed by atoms with E-state index in [9.17, 15) is 9.59 Å². The van der Waals surface area contributed by atoms with Crippen molar-refractivity contribution in [2.75, 3.05) is 13.2 Å². The summed E-state index contributed by atoms with van der Waals surface area (Å²) in [5.41, 5.74) is 1.32. The monoisotopic (exact) mass is 389 g/mol. The molecule has 3 aliphatic heterocycles. The van der Waals surface area contributed by atoms with E-state index in [4.69, 9.17) is 9.47 Å². The third kappa shape index (κ3) is 2.72. The van der Waals surface area contributed by atoms with E-state index < -0.39 is 17.4 Å². The third-order valence-electron chi connectivity index (χ3n) is 6.23. The van der Waals surface area contributed by atoms with Gasteiger partial charge < -0.3 is 14.4 Å². The van der Waals surface area contributed by atoms with Crippen molar-refractivity contribution in [3.05, 3.63) is 83.9 Å². The summed E-state index contributed by atoms with van der Waals surface area (Å²) in [6, 6.07) is 19.8. The Labute approximate surface area is 169 Å². The summed E-state index contributed by atoms with van der Waals surface area (Å²) in [6.07, 6.45) is 3.51. The molecule has 0 radical (unpaired) electrons. The first-order valence-corrected chi connectivity index (χ1v) is 10.1. The van der Waals surface area contributed by atoms with Crippen LogP contribution in [0.4, 0.5) is 0 Å². The van der Waals surface area contributed by atoms with Gasteiger partial charge in [-0.2, -0.15) is 0 Å². The molecule has 5 heteroatoms. The molecule has 5 nitrogen and oxygen atoms in total. The van der Waals surface area contributed by atoms with Crippen molar-refractivity contribution in [2.24, 2.45) is 11.8 Å². The highest BCUT2D eigenvalue weighted by molar-refractivity contribution is 5.91. The molecule has 0 unspecified atom stereocenters. The van der Waals surface area contributed by atoms with Crippen LogP contribution in [0.15, 0.2) is 72.8 Å². The van der Waals surface area contributed by atoms with E-state index in [1.54, 1.807) is 6.92 Å². The summed E-state index contributed by atoms with van der Waals surface area (Å²) >= 11 is 0. The Morgan fingerprint density at radius 1 is 1.14 bits per heavy atom. The van der Waals surface area contributed by atoms with E-state index >= 15 is 0 Å². The smallest absolute Gasteiger partial charge is 0.312 e. The topological polar surface area (TPSA) is 55.8 Å². The van der Waals surface area contributed by atoms with Gasteiger partial charge in [-0.3, -0.25) is 9.59 Å². The summed E-state index contributed by atoms with van der Waals surface area (Å²) in [6.45, 7) is 2.50. The van der Waals surface area contributed by atoms with Crippen LogP contribution in [-0.2, 0) is 19.1 Å². The van der Waals surface area contributed by atoms with Gasteiger partial charge >= 0.3 is 5.97 Å². The molecule has 5 rings (SSSR count). The Hall–Kier alpha value is -2.92. The zero-order chi connectivity index (χ0) is 20.0. The van der Waals surface area contributed by atoms with Gasteiger partial charge in [0.25, 0.3) is 0 Å². The molecule has 2 aromatic rings. The number of amides is 1. The minimum atomic E-state index is -0.749. The van der Waals surface area contributed by atoms with Crippen LogP contribution >= 0.6 is 0 Å². The maximum atomic E-state index is 13.7. The van der Waals surface area contributed by atoms with Crippen LogP contribution in [0.5, 0.6) is 0 Å². The SMILES string of the molecule is CCOC(=O)[C@@H]1[C@@H]2C=C[C@@]3(CN(C(c4ccccc4)c4ccccc4)C(=O)[C@@H]13)O2. The average Bonchev–Trinajstić information content (AvgIpc) is 3.39. The molecule has 3 aliphatic rings. The second kappa shape index (κ2) is 6.85. The number of carbonyl (C=O) groups excluding carboxylic acids is 2. The molecule has 3 heterocycles. The number of benzene rings is 2. The predicted octanol–water partition coefficient (Wildman–Crippen LogP) is 3.12. The van der Waals surface area contributed by atoms with Crippen LogP contribution in [0.2, 0.25) is 0 Å². The number of hydrogen-bond acceptors (Lipinski definition) is 4. The lowest BCUT2D eigenvalue weighted by Crippen LogP contribution is -2.40. The number of likely N-dealkylation sites (tertiary alicyclic amines) is 1. The van der Waals surface area contributed by atoms with Crippen LogP contribution in [0.3, 0.4) is 0 Å². The van der Waals surface area contributed by atoms with Crippen molar-refractivity contribution in [2.45, 2.75) is 24.7 Å². The Bertz CT molecular complexity index is 918. The maximum absolute atomic E-state index is 13.7. The summed E-state index contributed by atoms with van der Waals surface area (Å²) in [7, 11) is 0. The number of carbonyl (C=O) groups is 2. The Morgan fingerprint density at radius 3 is 2.34 bits per heavy atom. The largest absolute Gasteiger partial charge is 0.466 e. The van der Waals surface area contributed by atoms with Crippen molar-refractivity contribution < 1.29 is 19.1 Å². The number of ether oxygens (including phenoxy) is 2. The zero-order valence-corrected chi connectivity index (χ0v) is 16.2. The van der Waals surface area contributed by atoms with Gasteiger partial charge in [-0.25, -0.2) is 0 Å². The van der Waals surface area contributed by atoms with Crippen LogP contribution < -0.4 is 0 Å². The van der Waals surface area contributed by atoms with Crippen LogP contribution in [-0.4, -0.2) is 41.6 Å². The van der Waals surface area contributed by atoms with Gasteiger partial charge in [-0.05, 0) is 18.1 Å². The van der Waals surface area contributed by atoms with Crippen molar-refractivity contribution in [1.82, 2.24) is 4.90 Å². The van der Waals surface area contributed by atoms with E-state index in [0.29, 0.717) is 13.2 Å². The Balaban J connectivity index is 1.55. The molecular formula is C24H23NO4. The normalized spacial score (nSPS) is 29.5. The standard InChI is InChI=1S/C24H23NO4/c1-2-28-23(27)19-18-13-14-24(29-18)15-25(22(26)20(19)24)21(16-9-5-3-6-10-16)17-11-7-4-8-12-17/h3-14,18-21H,2,15H2,1H3/t18-,19+,20+,24-/m0/s1. The fourth-order valence-electron chi connectivity index (χ4n) is 5.08. The fourth-order valence-corrected chi connectivity index (χ4v) is 5.08. The van der Waals surface area contributed by atoms with Crippen molar-refractivity contribution in [3.8, 4) is 0 Å². The first-order chi connectivity index (χ1) is 14.1. The molecular weight excluding hydrogens is 366 g/mol. The molecule has 2 saturated heterocycles. The molecule has 29 heavy (non-hydrogen) atoms. The molecule has 148 valence electrons. The van der Waals surface area contributed by atoms with Gasteiger partial charge in [0.15, 0.2) is 0 Å². The fraction of sp³-hybridized carbons (Fsp3) is 0.333. The quantitative estimate of drug-likeness (QED) is 0.582. The molecule has 1 amide bonds. The van der Waals surface area contributed by atoms with Gasteiger partial charge in [0.1, 0.15) is 11.5 Å². The number of nitrogens with zero attached hydrogens (tertiary/aromatic N) is 1. The van der Waals surface area contributed by atoms with E-state index in [2.05, 4.69) is 0 Å². The molecule has 0 saturated carbocycles. The van der Waals surface area contributed by atoms with Crippen molar-refractivity contribution >= 4 is 11.9 Å².